The zero-order chi connectivity index (χ0) is 24.1. The molecule has 1 unspecified atom stereocenters. The molecular weight excluding hydrogens is 431 g/mol. The SMILES string of the molecule is CCC(=O)N1CCC(F)(C(OCCOC)c2ccc(-c3ccc4cccnc4c3C)cc2)CC1. The Labute approximate surface area is 200 Å². The molecule has 2 aromatic carbocycles. The molecule has 1 aliphatic heterocycles. The van der Waals surface area contributed by atoms with Crippen molar-refractivity contribution in [2.45, 2.75) is 44.9 Å². The monoisotopic (exact) mass is 464 g/mol. The molecule has 6 heteroatoms. The fraction of sp³-hybridized carbons (Fsp3) is 0.429. The van der Waals surface area contributed by atoms with Gasteiger partial charge in [-0.15, -0.1) is 0 Å². The van der Waals surface area contributed by atoms with Gasteiger partial charge in [0.1, 0.15) is 11.8 Å². The van der Waals surface area contributed by atoms with Crippen molar-refractivity contribution in [3.05, 3.63) is 65.9 Å². The predicted molar refractivity (Wildman–Crippen MR) is 132 cm³/mol. The van der Waals surface area contributed by atoms with Gasteiger partial charge in [0, 0.05) is 51.0 Å². The van der Waals surface area contributed by atoms with Gasteiger partial charge in [0.25, 0.3) is 0 Å². The van der Waals surface area contributed by atoms with Crippen LogP contribution in [0.1, 0.15) is 43.4 Å². The summed E-state index contributed by atoms with van der Waals surface area (Å²) < 4.78 is 27.4. The number of fused-ring (bicyclic) bond motifs is 1. The van der Waals surface area contributed by atoms with Crippen LogP contribution in [-0.4, -0.2) is 54.9 Å². The van der Waals surface area contributed by atoms with E-state index in [4.69, 9.17) is 9.47 Å². The number of aryl methyl sites for hydroxylation is 1. The Morgan fingerprint density at radius 3 is 2.53 bits per heavy atom. The molecule has 180 valence electrons. The third kappa shape index (κ3) is 4.98. The second-order valence-corrected chi connectivity index (χ2v) is 8.95. The second-order valence-electron chi connectivity index (χ2n) is 8.95. The van der Waals surface area contributed by atoms with Gasteiger partial charge >= 0.3 is 0 Å². The number of carbonyl (C=O) groups excluding carboxylic acids is 1. The van der Waals surface area contributed by atoms with E-state index in [-0.39, 0.29) is 18.7 Å². The number of amides is 1. The van der Waals surface area contributed by atoms with Gasteiger partial charge in [-0.2, -0.15) is 0 Å². The molecule has 2 heterocycles. The van der Waals surface area contributed by atoms with E-state index in [2.05, 4.69) is 30.1 Å². The van der Waals surface area contributed by atoms with Crippen LogP contribution in [0, 0.1) is 6.92 Å². The molecule has 1 atom stereocenters. The fourth-order valence-electron chi connectivity index (χ4n) is 4.85. The summed E-state index contributed by atoms with van der Waals surface area (Å²) in [5.74, 6) is 0.0727. The van der Waals surface area contributed by atoms with Crippen LogP contribution >= 0.6 is 0 Å². The van der Waals surface area contributed by atoms with E-state index in [0.717, 1.165) is 33.2 Å². The minimum Gasteiger partial charge on any atom is -0.382 e. The summed E-state index contributed by atoms with van der Waals surface area (Å²) >= 11 is 0. The number of carbonyl (C=O) groups is 1. The standard InChI is InChI=1S/C28H33FN2O3/c1-4-25(32)31-16-13-28(29,14-17-31)27(34-19-18-33-3)23-9-7-21(8-10-23)24-12-11-22-6-5-15-30-26(22)20(24)2/h5-12,15,27H,4,13-14,16-19H2,1-3H3. The Bertz CT molecular complexity index is 1120. The molecule has 0 radical (unpaired) electrons. The first kappa shape index (κ1) is 24.3. The number of ether oxygens (including phenoxy) is 2. The Balaban J connectivity index is 1.59. The molecule has 1 amide bonds. The Morgan fingerprint density at radius 1 is 1.12 bits per heavy atom. The van der Waals surface area contributed by atoms with E-state index in [1.165, 1.54) is 0 Å². The number of pyridine rings is 1. The molecule has 0 saturated carbocycles. The van der Waals surface area contributed by atoms with Crippen LogP contribution < -0.4 is 0 Å². The van der Waals surface area contributed by atoms with Gasteiger partial charge in [0.15, 0.2) is 0 Å². The van der Waals surface area contributed by atoms with Crippen LogP contribution in [0.4, 0.5) is 4.39 Å². The molecule has 5 nitrogen and oxygen atoms in total. The highest BCUT2D eigenvalue weighted by Gasteiger charge is 2.44. The Hall–Kier alpha value is -2.83. The van der Waals surface area contributed by atoms with Crippen LogP contribution in [0.3, 0.4) is 0 Å². The quantitative estimate of drug-likeness (QED) is 0.404. The zero-order valence-electron chi connectivity index (χ0n) is 20.2. The summed E-state index contributed by atoms with van der Waals surface area (Å²) in [6.07, 6.45) is 2.05. The Morgan fingerprint density at radius 2 is 1.85 bits per heavy atom. The summed E-state index contributed by atoms with van der Waals surface area (Å²) in [6.45, 7) is 5.45. The van der Waals surface area contributed by atoms with E-state index < -0.39 is 11.8 Å². The number of hydrogen-bond acceptors (Lipinski definition) is 4. The number of methoxy groups -OCH3 is 1. The van der Waals surface area contributed by atoms with Crippen LogP contribution in [-0.2, 0) is 14.3 Å². The highest BCUT2D eigenvalue weighted by Crippen LogP contribution is 2.42. The summed E-state index contributed by atoms with van der Waals surface area (Å²) in [5, 5.41) is 1.11. The summed E-state index contributed by atoms with van der Waals surface area (Å²) in [7, 11) is 1.61. The van der Waals surface area contributed by atoms with Gasteiger partial charge in [0.05, 0.1) is 18.7 Å². The molecule has 0 spiro atoms. The molecule has 4 rings (SSSR count). The first-order valence-corrected chi connectivity index (χ1v) is 12.0. The zero-order valence-corrected chi connectivity index (χ0v) is 20.2. The summed E-state index contributed by atoms with van der Waals surface area (Å²) in [5.41, 5.74) is 3.53. The smallest absolute Gasteiger partial charge is 0.222 e. The first-order valence-electron chi connectivity index (χ1n) is 12.0. The van der Waals surface area contributed by atoms with Crippen molar-refractivity contribution in [1.29, 1.82) is 0 Å². The average molecular weight is 465 g/mol. The first-order chi connectivity index (χ1) is 16.5. The third-order valence-electron chi connectivity index (χ3n) is 6.84. The number of rotatable bonds is 8. The van der Waals surface area contributed by atoms with Crippen molar-refractivity contribution in [3.8, 4) is 11.1 Å². The van der Waals surface area contributed by atoms with Gasteiger partial charge in [-0.05, 0) is 35.2 Å². The van der Waals surface area contributed by atoms with Crippen molar-refractivity contribution in [2.75, 3.05) is 33.4 Å². The normalized spacial score (nSPS) is 16.5. The highest BCUT2D eigenvalue weighted by atomic mass is 19.1. The van der Waals surface area contributed by atoms with Gasteiger partial charge in [-0.25, -0.2) is 4.39 Å². The molecule has 0 N–H and O–H groups in total. The minimum atomic E-state index is -1.54. The number of nitrogens with zero attached hydrogens (tertiary/aromatic N) is 2. The third-order valence-corrected chi connectivity index (χ3v) is 6.84. The van der Waals surface area contributed by atoms with Gasteiger partial charge in [-0.1, -0.05) is 49.4 Å². The van der Waals surface area contributed by atoms with Crippen LogP contribution in [0.2, 0.25) is 0 Å². The van der Waals surface area contributed by atoms with Crippen molar-refractivity contribution in [1.82, 2.24) is 9.88 Å². The number of hydrogen-bond donors (Lipinski definition) is 0. The van der Waals surface area contributed by atoms with E-state index >= 15 is 4.39 Å². The molecule has 1 aromatic heterocycles. The van der Waals surface area contributed by atoms with E-state index in [9.17, 15) is 4.79 Å². The van der Waals surface area contributed by atoms with Crippen LogP contribution in [0.15, 0.2) is 54.7 Å². The van der Waals surface area contributed by atoms with E-state index in [1.807, 2.05) is 43.5 Å². The molecule has 34 heavy (non-hydrogen) atoms. The molecule has 1 fully saturated rings. The molecule has 1 aliphatic rings. The second kappa shape index (κ2) is 10.6. The number of piperidine rings is 1. The number of aromatic nitrogens is 1. The lowest BCUT2D eigenvalue weighted by atomic mass is 9.83. The molecule has 1 saturated heterocycles. The summed E-state index contributed by atoms with van der Waals surface area (Å²) in [6, 6.07) is 16.2. The topological polar surface area (TPSA) is 51.7 Å². The molecule has 0 aliphatic carbocycles. The number of likely N-dealkylation sites (tertiary alicyclic amines) is 1. The highest BCUT2D eigenvalue weighted by molar-refractivity contribution is 5.88. The molecule has 0 bridgehead atoms. The molecule has 3 aromatic rings. The lowest BCUT2D eigenvalue weighted by Gasteiger charge is -2.41. The fourth-order valence-corrected chi connectivity index (χ4v) is 4.85. The summed E-state index contributed by atoms with van der Waals surface area (Å²) in [4.78, 5) is 18.4. The molecular formula is C28H33FN2O3. The maximum atomic E-state index is 16.2. The minimum absolute atomic E-state index is 0.0727. The van der Waals surface area contributed by atoms with E-state index in [1.54, 1.807) is 12.0 Å². The number of halogens is 1. The van der Waals surface area contributed by atoms with E-state index in [0.29, 0.717) is 32.7 Å². The predicted octanol–water partition coefficient (Wildman–Crippen LogP) is 5.66. The van der Waals surface area contributed by atoms with Gasteiger partial charge in [-0.3, -0.25) is 9.78 Å². The van der Waals surface area contributed by atoms with Crippen molar-refractivity contribution < 1.29 is 18.7 Å². The van der Waals surface area contributed by atoms with Gasteiger partial charge < -0.3 is 14.4 Å². The Kier molecular flexibility index (Phi) is 7.59. The van der Waals surface area contributed by atoms with Crippen molar-refractivity contribution in [2.24, 2.45) is 0 Å². The lowest BCUT2D eigenvalue weighted by molar-refractivity contribution is -0.138. The van der Waals surface area contributed by atoms with Crippen molar-refractivity contribution >= 4 is 16.8 Å². The number of alkyl halides is 1. The average Bonchev–Trinajstić information content (AvgIpc) is 2.87. The largest absolute Gasteiger partial charge is 0.382 e. The van der Waals surface area contributed by atoms with Crippen LogP contribution in [0.25, 0.3) is 22.0 Å². The maximum Gasteiger partial charge on any atom is 0.222 e. The van der Waals surface area contributed by atoms with Crippen molar-refractivity contribution in [3.63, 3.8) is 0 Å². The number of benzene rings is 2. The maximum absolute atomic E-state index is 16.2. The van der Waals surface area contributed by atoms with Crippen LogP contribution in [0.5, 0.6) is 0 Å². The lowest BCUT2D eigenvalue weighted by Crippen LogP contribution is -2.47. The van der Waals surface area contributed by atoms with Gasteiger partial charge in [0.2, 0.25) is 5.91 Å².